The van der Waals surface area contributed by atoms with Gasteiger partial charge in [0.1, 0.15) is 0 Å². The molecule has 0 aliphatic carbocycles. The highest BCUT2D eigenvalue weighted by Gasteiger charge is 2.21. The molecule has 3 heteroatoms. The van der Waals surface area contributed by atoms with Gasteiger partial charge in [0, 0.05) is 11.1 Å². The van der Waals surface area contributed by atoms with Crippen molar-refractivity contribution in [3.05, 3.63) is 35.4 Å². The Hall–Kier alpha value is -1.35. The fraction of sp³-hybridized carbons (Fsp3) is 0.533. The van der Waals surface area contributed by atoms with Crippen LogP contribution in [0, 0.1) is 0 Å². The highest BCUT2D eigenvalue weighted by Crippen LogP contribution is 2.14. The van der Waals surface area contributed by atoms with Crippen LogP contribution in [0.15, 0.2) is 24.3 Å². The SMILES string of the molecule is CCCC(C)(C)NC(=O)c1ccccc1CCN. The lowest BCUT2D eigenvalue weighted by Gasteiger charge is -2.26. The standard InChI is InChI=1S/C15H24N2O/c1-4-10-15(2,3)17-14(18)13-8-6-5-7-12(13)9-11-16/h5-8H,4,9-11,16H2,1-3H3,(H,17,18). The Labute approximate surface area is 110 Å². The molecule has 0 saturated carbocycles. The van der Waals surface area contributed by atoms with Gasteiger partial charge in [-0.05, 0) is 44.9 Å². The van der Waals surface area contributed by atoms with E-state index < -0.39 is 0 Å². The summed E-state index contributed by atoms with van der Waals surface area (Å²) in [6.45, 7) is 6.79. The average molecular weight is 248 g/mol. The number of carbonyl (C=O) groups excluding carboxylic acids is 1. The van der Waals surface area contributed by atoms with Crippen LogP contribution in [-0.4, -0.2) is 18.0 Å². The van der Waals surface area contributed by atoms with Crippen LogP contribution >= 0.6 is 0 Å². The van der Waals surface area contributed by atoms with E-state index in [-0.39, 0.29) is 11.4 Å². The topological polar surface area (TPSA) is 55.1 Å². The second-order valence-corrected chi connectivity index (χ2v) is 5.28. The second-order valence-electron chi connectivity index (χ2n) is 5.28. The van der Waals surface area contributed by atoms with Crippen molar-refractivity contribution < 1.29 is 4.79 Å². The zero-order valence-electron chi connectivity index (χ0n) is 11.6. The first-order chi connectivity index (χ1) is 8.50. The lowest BCUT2D eigenvalue weighted by atomic mass is 9.97. The van der Waals surface area contributed by atoms with Crippen LogP contribution in [0.25, 0.3) is 0 Å². The second kappa shape index (κ2) is 6.55. The van der Waals surface area contributed by atoms with Gasteiger partial charge in [-0.1, -0.05) is 31.5 Å². The maximum Gasteiger partial charge on any atom is 0.251 e. The van der Waals surface area contributed by atoms with Crippen molar-refractivity contribution in [2.75, 3.05) is 6.54 Å². The minimum atomic E-state index is -0.165. The van der Waals surface area contributed by atoms with Crippen LogP contribution in [-0.2, 0) is 6.42 Å². The molecule has 3 nitrogen and oxygen atoms in total. The molecule has 0 radical (unpaired) electrons. The predicted octanol–water partition coefficient (Wildman–Crippen LogP) is 2.50. The lowest BCUT2D eigenvalue weighted by molar-refractivity contribution is 0.0908. The van der Waals surface area contributed by atoms with Gasteiger partial charge < -0.3 is 11.1 Å². The first kappa shape index (κ1) is 14.7. The predicted molar refractivity (Wildman–Crippen MR) is 75.7 cm³/mol. The van der Waals surface area contributed by atoms with Crippen molar-refractivity contribution in [1.82, 2.24) is 5.32 Å². The smallest absolute Gasteiger partial charge is 0.251 e. The Bertz CT molecular complexity index is 399. The van der Waals surface area contributed by atoms with Crippen molar-refractivity contribution in [2.24, 2.45) is 5.73 Å². The highest BCUT2D eigenvalue weighted by molar-refractivity contribution is 5.96. The van der Waals surface area contributed by atoms with Gasteiger partial charge in [0.2, 0.25) is 0 Å². The molecule has 0 aromatic heterocycles. The molecule has 0 saturated heterocycles. The van der Waals surface area contributed by atoms with E-state index in [0.29, 0.717) is 6.54 Å². The minimum absolute atomic E-state index is 0.00231. The molecule has 1 aromatic rings. The molecule has 0 aliphatic heterocycles. The van der Waals surface area contributed by atoms with Crippen molar-refractivity contribution in [3.8, 4) is 0 Å². The number of nitrogens with two attached hydrogens (primary N) is 1. The summed E-state index contributed by atoms with van der Waals surface area (Å²) < 4.78 is 0. The number of rotatable bonds is 6. The number of nitrogens with one attached hydrogen (secondary N) is 1. The Morgan fingerprint density at radius 2 is 2.00 bits per heavy atom. The molecule has 0 spiro atoms. The van der Waals surface area contributed by atoms with Gasteiger partial charge in [0.05, 0.1) is 0 Å². The summed E-state index contributed by atoms with van der Waals surface area (Å²) >= 11 is 0. The van der Waals surface area contributed by atoms with E-state index in [2.05, 4.69) is 26.1 Å². The van der Waals surface area contributed by atoms with E-state index in [1.54, 1.807) is 0 Å². The largest absolute Gasteiger partial charge is 0.347 e. The molecule has 0 atom stereocenters. The monoisotopic (exact) mass is 248 g/mol. The fourth-order valence-electron chi connectivity index (χ4n) is 2.18. The number of carbonyl (C=O) groups is 1. The summed E-state index contributed by atoms with van der Waals surface area (Å²) in [4.78, 5) is 12.3. The summed E-state index contributed by atoms with van der Waals surface area (Å²) in [7, 11) is 0. The van der Waals surface area contributed by atoms with Gasteiger partial charge in [0.15, 0.2) is 0 Å². The van der Waals surface area contributed by atoms with Crippen molar-refractivity contribution in [2.45, 2.75) is 45.6 Å². The molecule has 1 aromatic carbocycles. The number of benzene rings is 1. The van der Waals surface area contributed by atoms with Gasteiger partial charge in [-0.3, -0.25) is 4.79 Å². The van der Waals surface area contributed by atoms with E-state index >= 15 is 0 Å². The third kappa shape index (κ3) is 4.15. The van der Waals surface area contributed by atoms with E-state index in [1.165, 1.54) is 0 Å². The van der Waals surface area contributed by atoms with Crippen LogP contribution in [0.3, 0.4) is 0 Å². The van der Waals surface area contributed by atoms with Crippen molar-refractivity contribution >= 4 is 5.91 Å². The highest BCUT2D eigenvalue weighted by atomic mass is 16.1. The average Bonchev–Trinajstić information content (AvgIpc) is 2.29. The van der Waals surface area contributed by atoms with Crippen LogP contribution in [0.2, 0.25) is 0 Å². The Morgan fingerprint density at radius 1 is 1.33 bits per heavy atom. The molecular formula is C15H24N2O. The van der Waals surface area contributed by atoms with Crippen LogP contribution in [0.4, 0.5) is 0 Å². The van der Waals surface area contributed by atoms with Crippen molar-refractivity contribution in [3.63, 3.8) is 0 Å². The molecule has 18 heavy (non-hydrogen) atoms. The molecule has 100 valence electrons. The van der Waals surface area contributed by atoms with Gasteiger partial charge in [0.25, 0.3) is 5.91 Å². The number of hydrogen-bond donors (Lipinski definition) is 2. The van der Waals surface area contributed by atoms with Crippen LogP contribution < -0.4 is 11.1 Å². The molecular weight excluding hydrogens is 224 g/mol. The zero-order chi connectivity index (χ0) is 13.6. The maximum atomic E-state index is 12.3. The first-order valence-electron chi connectivity index (χ1n) is 6.60. The van der Waals surface area contributed by atoms with Gasteiger partial charge in [-0.25, -0.2) is 0 Å². The molecule has 0 unspecified atom stereocenters. The van der Waals surface area contributed by atoms with E-state index in [0.717, 1.165) is 30.4 Å². The third-order valence-electron chi connectivity index (χ3n) is 3.00. The van der Waals surface area contributed by atoms with Gasteiger partial charge >= 0.3 is 0 Å². The lowest BCUT2D eigenvalue weighted by Crippen LogP contribution is -2.43. The molecule has 0 heterocycles. The minimum Gasteiger partial charge on any atom is -0.347 e. The molecule has 1 rings (SSSR count). The zero-order valence-corrected chi connectivity index (χ0v) is 11.6. The Morgan fingerprint density at radius 3 is 2.61 bits per heavy atom. The summed E-state index contributed by atoms with van der Waals surface area (Å²) in [5.74, 6) is -0.00231. The Kier molecular flexibility index (Phi) is 5.35. The Balaban J connectivity index is 2.84. The summed E-state index contributed by atoms with van der Waals surface area (Å²) in [6.07, 6.45) is 2.76. The molecule has 0 aliphatic rings. The van der Waals surface area contributed by atoms with Crippen molar-refractivity contribution in [1.29, 1.82) is 0 Å². The normalized spacial score (nSPS) is 11.3. The molecule has 1 amide bonds. The maximum absolute atomic E-state index is 12.3. The van der Waals surface area contributed by atoms with Crippen LogP contribution in [0.1, 0.15) is 49.5 Å². The summed E-state index contributed by atoms with van der Waals surface area (Å²) in [5.41, 5.74) is 7.17. The fourth-order valence-corrected chi connectivity index (χ4v) is 2.18. The molecule has 3 N–H and O–H groups in total. The third-order valence-corrected chi connectivity index (χ3v) is 3.00. The number of hydrogen-bond acceptors (Lipinski definition) is 2. The first-order valence-corrected chi connectivity index (χ1v) is 6.60. The molecule has 0 fully saturated rings. The van der Waals surface area contributed by atoms with E-state index in [4.69, 9.17) is 5.73 Å². The number of amides is 1. The molecule has 0 bridgehead atoms. The van der Waals surface area contributed by atoms with E-state index in [1.807, 2.05) is 24.3 Å². The van der Waals surface area contributed by atoms with E-state index in [9.17, 15) is 4.79 Å². The summed E-state index contributed by atoms with van der Waals surface area (Å²) in [5, 5.41) is 3.09. The van der Waals surface area contributed by atoms with Gasteiger partial charge in [-0.2, -0.15) is 0 Å². The summed E-state index contributed by atoms with van der Waals surface area (Å²) in [6, 6.07) is 7.66. The van der Waals surface area contributed by atoms with Gasteiger partial charge in [-0.15, -0.1) is 0 Å². The quantitative estimate of drug-likeness (QED) is 0.812. The van der Waals surface area contributed by atoms with Crippen LogP contribution in [0.5, 0.6) is 0 Å².